The molecule has 0 bridgehead atoms. The average Bonchev–Trinajstić information content (AvgIpc) is 2.50. The topological polar surface area (TPSA) is 83.1 Å². The Morgan fingerprint density at radius 1 is 1.33 bits per heavy atom. The first-order valence-electron chi connectivity index (χ1n) is 5.05. The molecule has 0 aliphatic carbocycles. The van der Waals surface area contributed by atoms with E-state index in [1.54, 1.807) is 0 Å². The van der Waals surface area contributed by atoms with Crippen molar-refractivity contribution in [2.45, 2.75) is 0 Å². The summed E-state index contributed by atoms with van der Waals surface area (Å²) < 4.78 is 31.0. The van der Waals surface area contributed by atoms with E-state index in [2.05, 4.69) is 0 Å². The molecule has 0 amide bonds. The fraction of sp³-hybridized carbons (Fsp3) is 0.273. The molecule has 0 unspecified atom stereocenters. The minimum absolute atomic E-state index is 0.604. The van der Waals surface area contributed by atoms with Gasteiger partial charge < -0.3 is 4.55 Å². The third-order valence-corrected chi connectivity index (χ3v) is 2.40. The second-order valence-electron chi connectivity index (χ2n) is 3.79. The van der Waals surface area contributed by atoms with Crippen molar-refractivity contribution in [2.24, 2.45) is 14.1 Å². The first-order valence-corrected chi connectivity index (χ1v) is 6.87. The maximum Gasteiger partial charge on any atom is 0.322 e. The van der Waals surface area contributed by atoms with Crippen molar-refractivity contribution < 1.29 is 22.3 Å². The van der Waals surface area contributed by atoms with Crippen molar-refractivity contribution in [1.29, 1.82) is 0 Å². The number of carbonyl (C=O) groups is 1. The molecular formula is C11H14N2O4S. The minimum Gasteiger partial charge on any atom is -0.748 e. The smallest absolute Gasteiger partial charge is 0.322 e. The summed E-state index contributed by atoms with van der Waals surface area (Å²) in [4.78, 5) is 10.8. The molecule has 0 aliphatic heterocycles. The summed E-state index contributed by atoms with van der Waals surface area (Å²) in [6.45, 7) is 0. The lowest BCUT2D eigenvalue weighted by molar-refractivity contribution is -0.647. The first kappa shape index (κ1) is 14.3. The zero-order valence-electron chi connectivity index (χ0n) is 10.3. The van der Waals surface area contributed by atoms with E-state index in [-0.39, 0.29) is 0 Å². The van der Waals surface area contributed by atoms with E-state index < -0.39 is 10.1 Å². The minimum atomic E-state index is -3.92. The number of rotatable bonds is 1. The predicted molar refractivity (Wildman–Crippen MR) is 65.1 cm³/mol. The first-order chi connectivity index (χ1) is 8.25. The summed E-state index contributed by atoms with van der Waals surface area (Å²) in [6, 6.07) is 7.94. The molecule has 1 aromatic heterocycles. The molecule has 2 aromatic rings. The Bertz CT molecular complexity index is 627. The van der Waals surface area contributed by atoms with Gasteiger partial charge in [-0.2, -0.15) is 0 Å². The van der Waals surface area contributed by atoms with Gasteiger partial charge in [0.05, 0.1) is 24.2 Å². The van der Waals surface area contributed by atoms with Crippen LogP contribution in [-0.2, 0) is 24.2 Å². The molecule has 18 heavy (non-hydrogen) atoms. The van der Waals surface area contributed by atoms with Crippen LogP contribution in [0, 0.1) is 0 Å². The molecule has 0 saturated carbocycles. The molecule has 0 atom stereocenters. The van der Waals surface area contributed by atoms with Crippen LogP contribution >= 0.6 is 0 Å². The van der Waals surface area contributed by atoms with E-state index in [9.17, 15) is 4.79 Å². The summed E-state index contributed by atoms with van der Waals surface area (Å²) in [5.41, 5.74) is 2.15. The molecule has 1 heterocycles. The van der Waals surface area contributed by atoms with Crippen LogP contribution in [0.2, 0.25) is 0 Å². The van der Waals surface area contributed by atoms with E-state index >= 15 is 0 Å². The van der Waals surface area contributed by atoms with Gasteiger partial charge in [0.2, 0.25) is 6.29 Å². The van der Waals surface area contributed by atoms with Gasteiger partial charge in [-0.25, -0.2) is 17.6 Å². The number of aryl methyl sites for hydroxylation is 2. The highest BCUT2D eigenvalue weighted by atomic mass is 32.2. The van der Waals surface area contributed by atoms with Crippen molar-refractivity contribution >= 4 is 27.4 Å². The van der Waals surface area contributed by atoms with Gasteiger partial charge in [-0.05, 0) is 12.1 Å². The highest BCUT2D eigenvalue weighted by Gasteiger charge is 2.17. The van der Waals surface area contributed by atoms with Crippen LogP contribution in [0.1, 0.15) is 10.6 Å². The number of aromatic nitrogens is 2. The average molecular weight is 270 g/mol. The lowest BCUT2D eigenvalue weighted by atomic mass is 10.3. The maximum atomic E-state index is 10.8. The molecule has 0 N–H and O–H groups in total. The van der Waals surface area contributed by atoms with Crippen LogP contribution in [0.4, 0.5) is 0 Å². The molecule has 6 nitrogen and oxygen atoms in total. The summed E-state index contributed by atoms with van der Waals surface area (Å²) in [5.74, 6) is 0.682. The van der Waals surface area contributed by atoms with Gasteiger partial charge in [0.25, 0.3) is 0 Å². The summed E-state index contributed by atoms with van der Waals surface area (Å²) in [5, 5.41) is 0. The van der Waals surface area contributed by atoms with E-state index in [0.717, 1.165) is 17.3 Å². The summed E-state index contributed by atoms with van der Waals surface area (Å²) in [6.07, 6.45) is 1.48. The molecule has 0 aliphatic rings. The number of hydrogen-bond donors (Lipinski definition) is 0. The Morgan fingerprint density at radius 3 is 2.28 bits per heavy atom. The van der Waals surface area contributed by atoms with Crippen molar-refractivity contribution in [1.82, 2.24) is 4.57 Å². The standard InChI is InChI=1S/C10H11N2O.CH4O3S/c1-11-8-5-3-4-6-9(8)12(2)10(11)7-13;1-5(2,3)4/h3-7H,1-2H3;1H3,(H,2,3,4)/q+1;/p-1. The van der Waals surface area contributed by atoms with Gasteiger partial charge in [-0.3, -0.25) is 4.79 Å². The zero-order chi connectivity index (χ0) is 13.9. The Balaban J connectivity index is 0.000000280. The number of hydrogen-bond acceptors (Lipinski definition) is 4. The molecule has 0 radical (unpaired) electrons. The fourth-order valence-electron chi connectivity index (χ4n) is 1.66. The van der Waals surface area contributed by atoms with Crippen LogP contribution in [0.3, 0.4) is 0 Å². The SMILES string of the molecule is CS(=O)(=O)[O-].Cn1c(C=O)[n+](C)c2ccccc21. The van der Waals surface area contributed by atoms with Crippen molar-refractivity contribution in [3.8, 4) is 0 Å². The third-order valence-electron chi connectivity index (χ3n) is 2.40. The lowest BCUT2D eigenvalue weighted by Crippen LogP contribution is -2.32. The predicted octanol–water partition coefficient (Wildman–Crippen LogP) is -0.0233. The molecule has 1 aromatic carbocycles. The Morgan fingerprint density at radius 2 is 1.83 bits per heavy atom. The van der Waals surface area contributed by atoms with Crippen LogP contribution in [0.15, 0.2) is 24.3 Å². The monoisotopic (exact) mass is 270 g/mol. The van der Waals surface area contributed by atoms with Crippen LogP contribution in [0.5, 0.6) is 0 Å². The Kier molecular flexibility index (Phi) is 4.20. The molecule has 2 rings (SSSR count). The third kappa shape index (κ3) is 3.38. The number of carbonyl (C=O) groups excluding carboxylic acids is 1. The van der Waals surface area contributed by atoms with Gasteiger partial charge in [-0.1, -0.05) is 12.1 Å². The number of para-hydroxylation sites is 2. The van der Waals surface area contributed by atoms with E-state index in [1.807, 2.05) is 47.5 Å². The fourth-order valence-corrected chi connectivity index (χ4v) is 1.66. The summed E-state index contributed by atoms with van der Waals surface area (Å²) in [7, 11) is -0.127. The molecule has 0 fully saturated rings. The quantitative estimate of drug-likeness (QED) is 0.414. The second kappa shape index (κ2) is 5.28. The number of nitrogens with zero attached hydrogens (tertiary/aromatic N) is 2. The second-order valence-corrected chi connectivity index (χ2v) is 5.20. The molecule has 0 saturated heterocycles. The maximum absolute atomic E-state index is 10.8. The van der Waals surface area contributed by atoms with E-state index in [0.29, 0.717) is 12.1 Å². The van der Waals surface area contributed by atoms with Crippen molar-refractivity contribution in [2.75, 3.05) is 6.26 Å². The number of benzene rings is 1. The van der Waals surface area contributed by atoms with Crippen LogP contribution < -0.4 is 4.57 Å². The zero-order valence-corrected chi connectivity index (χ0v) is 11.1. The molecule has 7 heteroatoms. The van der Waals surface area contributed by atoms with Gasteiger partial charge in [-0.15, -0.1) is 0 Å². The van der Waals surface area contributed by atoms with Gasteiger partial charge in [0.1, 0.15) is 0 Å². The number of imidazole rings is 1. The van der Waals surface area contributed by atoms with E-state index in [4.69, 9.17) is 13.0 Å². The van der Waals surface area contributed by atoms with Crippen molar-refractivity contribution in [3.63, 3.8) is 0 Å². The van der Waals surface area contributed by atoms with Gasteiger partial charge >= 0.3 is 5.82 Å². The number of aldehydes is 1. The Hall–Kier alpha value is -1.73. The molecule has 0 spiro atoms. The Labute approximate surface area is 105 Å². The highest BCUT2D eigenvalue weighted by Crippen LogP contribution is 2.10. The van der Waals surface area contributed by atoms with Gasteiger partial charge in [0, 0.05) is 6.26 Å². The van der Waals surface area contributed by atoms with Crippen molar-refractivity contribution in [3.05, 3.63) is 30.1 Å². The van der Waals surface area contributed by atoms with E-state index in [1.165, 1.54) is 0 Å². The number of fused-ring (bicyclic) bond motifs is 1. The summed E-state index contributed by atoms with van der Waals surface area (Å²) >= 11 is 0. The highest BCUT2D eigenvalue weighted by molar-refractivity contribution is 7.84. The molecule has 98 valence electrons. The largest absolute Gasteiger partial charge is 0.748 e. The van der Waals surface area contributed by atoms with Gasteiger partial charge in [0.15, 0.2) is 11.0 Å². The lowest BCUT2D eigenvalue weighted by Gasteiger charge is -1.90. The van der Waals surface area contributed by atoms with Crippen LogP contribution in [0.25, 0.3) is 11.0 Å². The molecular weight excluding hydrogens is 256 g/mol. The normalized spacial score (nSPS) is 10.9. The van der Waals surface area contributed by atoms with Crippen LogP contribution in [-0.4, -0.2) is 30.1 Å².